The Hall–Kier alpha value is -4.12. The van der Waals surface area contributed by atoms with Gasteiger partial charge in [0, 0.05) is 6.54 Å². The molecule has 10 nitrogen and oxygen atoms in total. The predicted molar refractivity (Wildman–Crippen MR) is 129 cm³/mol. The van der Waals surface area contributed by atoms with Crippen molar-refractivity contribution in [1.29, 1.82) is 0 Å². The standard InChI is InChI=1S/C23H25N5O5S/c1-3-33-17-7-5-4-6-16(17)28(23(31)21-19(24)20(22(25)30)27-34-21)13-18(29)26-12-14-8-10-15(32-2)11-9-14/h4-11H,3,12-13,24H2,1-2H3,(H2,25,30)(H,26,29). The molecule has 0 saturated heterocycles. The number of nitrogens with two attached hydrogens (primary N) is 2. The minimum atomic E-state index is -0.841. The highest BCUT2D eigenvalue weighted by molar-refractivity contribution is 7.09. The summed E-state index contributed by atoms with van der Waals surface area (Å²) in [5, 5.41) is 2.80. The molecule has 34 heavy (non-hydrogen) atoms. The molecule has 3 rings (SSSR count). The van der Waals surface area contributed by atoms with Crippen LogP contribution in [0, 0.1) is 0 Å². The average molecular weight is 484 g/mol. The number of hydrogen-bond acceptors (Lipinski definition) is 8. The van der Waals surface area contributed by atoms with Crippen molar-refractivity contribution in [2.75, 3.05) is 30.9 Å². The zero-order valence-electron chi connectivity index (χ0n) is 18.7. The maximum Gasteiger partial charge on any atom is 0.272 e. The fourth-order valence-electron chi connectivity index (χ4n) is 3.12. The zero-order chi connectivity index (χ0) is 24.7. The molecule has 0 radical (unpaired) electrons. The third-order valence-corrected chi connectivity index (χ3v) is 5.66. The maximum absolute atomic E-state index is 13.5. The molecular formula is C23H25N5O5S. The summed E-state index contributed by atoms with van der Waals surface area (Å²) in [5.74, 6) is -0.731. The minimum absolute atomic E-state index is 0.00283. The molecule has 2 aromatic carbocycles. The van der Waals surface area contributed by atoms with Crippen LogP contribution >= 0.6 is 11.5 Å². The van der Waals surface area contributed by atoms with Gasteiger partial charge in [0.15, 0.2) is 5.69 Å². The van der Waals surface area contributed by atoms with Gasteiger partial charge in [0.25, 0.3) is 11.8 Å². The van der Waals surface area contributed by atoms with E-state index in [1.807, 2.05) is 19.1 Å². The summed E-state index contributed by atoms with van der Waals surface area (Å²) in [6.07, 6.45) is 0. The normalized spacial score (nSPS) is 10.4. The Morgan fingerprint density at radius 1 is 1.12 bits per heavy atom. The summed E-state index contributed by atoms with van der Waals surface area (Å²) in [4.78, 5) is 39.1. The first-order valence-electron chi connectivity index (χ1n) is 10.3. The Bertz CT molecular complexity index is 1180. The molecule has 0 aliphatic heterocycles. The summed E-state index contributed by atoms with van der Waals surface area (Å²) >= 11 is 0.744. The number of nitrogen functional groups attached to an aromatic ring is 1. The van der Waals surface area contributed by atoms with E-state index in [9.17, 15) is 14.4 Å². The first-order chi connectivity index (χ1) is 16.3. The Kier molecular flexibility index (Phi) is 8.04. The number of nitrogens with one attached hydrogen (secondary N) is 1. The number of anilines is 2. The second-order valence-corrected chi connectivity index (χ2v) is 7.83. The van der Waals surface area contributed by atoms with Gasteiger partial charge in [-0.2, -0.15) is 4.37 Å². The zero-order valence-corrected chi connectivity index (χ0v) is 19.6. The van der Waals surface area contributed by atoms with Crippen molar-refractivity contribution in [2.24, 2.45) is 5.73 Å². The molecule has 0 atom stereocenters. The highest BCUT2D eigenvalue weighted by atomic mass is 32.1. The molecule has 3 aromatic rings. The van der Waals surface area contributed by atoms with Gasteiger partial charge in [-0.15, -0.1) is 0 Å². The largest absolute Gasteiger partial charge is 0.497 e. The Labute approximate surface area is 200 Å². The lowest BCUT2D eigenvalue weighted by Crippen LogP contribution is -2.41. The van der Waals surface area contributed by atoms with E-state index in [2.05, 4.69) is 9.69 Å². The number of carbonyl (C=O) groups excluding carboxylic acids is 3. The number of benzene rings is 2. The minimum Gasteiger partial charge on any atom is -0.497 e. The molecule has 11 heteroatoms. The van der Waals surface area contributed by atoms with Crippen LogP contribution in [0.4, 0.5) is 11.4 Å². The average Bonchev–Trinajstić information content (AvgIpc) is 3.23. The fourth-order valence-corrected chi connectivity index (χ4v) is 3.87. The van der Waals surface area contributed by atoms with E-state index in [4.69, 9.17) is 20.9 Å². The molecular weight excluding hydrogens is 458 g/mol. The summed E-state index contributed by atoms with van der Waals surface area (Å²) in [6.45, 7) is 2.11. The first-order valence-corrected chi connectivity index (χ1v) is 11.1. The van der Waals surface area contributed by atoms with Crippen LogP contribution < -0.4 is 31.2 Å². The van der Waals surface area contributed by atoms with E-state index >= 15 is 0 Å². The molecule has 5 N–H and O–H groups in total. The lowest BCUT2D eigenvalue weighted by atomic mass is 10.2. The molecule has 0 aliphatic rings. The van der Waals surface area contributed by atoms with Crippen molar-refractivity contribution >= 4 is 40.6 Å². The molecule has 1 heterocycles. The monoisotopic (exact) mass is 483 g/mol. The molecule has 3 amide bonds. The lowest BCUT2D eigenvalue weighted by Gasteiger charge is -2.24. The Morgan fingerprint density at radius 3 is 2.44 bits per heavy atom. The third-order valence-electron chi connectivity index (χ3n) is 4.81. The van der Waals surface area contributed by atoms with E-state index in [-0.39, 0.29) is 29.3 Å². The number of carbonyl (C=O) groups is 3. The number of rotatable bonds is 10. The summed E-state index contributed by atoms with van der Waals surface area (Å²) < 4.78 is 14.7. The highest BCUT2D eigenvalue weighted by Gasteiger charge is 2.29. The van der Waals surface area contributed by atoms with Gasteiger partial charge in [-0.3, -0.25) is 19.3 Å². The number of ether oxygens (including phenoxy) is 2. The van der Waals surface area contributed by atoms with Crippen molar-refractivity contribution < 1.29 is 23.9 Å². The maximum atomic E-state index is 13.5. The molecule has 0 spiro atoms. The number of hydrogen-bond donors (Lipinski definition) is 3. The molecule has 0 aliphatic carbocycles. The molecule has 0 fully saturated rings. The third kappa shape index (κ3) is 5.62. The van der Waals surface area contributed by atoms with Crippen LogP contribution in [0.1, 0.15) is 32.6 Å². The molecule has 1 aromatic heterocycles. The quantitative estimate of drug-likeness (QED) is 0.400. The van der Waals surface area contributed by atoms with Crippen LogP contribution in [0.3, 0.4) is 0 Å². The van der Waals surface area contributed by atoms with E-state index in [0.29, 0.717) is 23.8 Å². The van der Waals surface area contributed by atoms with Crippen molar-refractivity contribution in [3.63, 3.8) is 0 Å². The van der Waals surface area contributed by atoms with Crippen LogP contribution in [0.25, 0.3) is 0 Å². The highest BCUT2D eigenvalue weighted by Crippen LogP contribution is 2.32. The van der Waals surface area contributed by atoms with Crippen LogP contribution in [-0.4, -0.2) is 42.4 Å². The van der Waals surface area contributed by atoms with Gasteiger partial charge in [-0.05, 0) is 48.3 Å². The van der Waals surface area contributed by atoms with Gasteiger partial charge in [0.2, 0.25) is 5.91 Å². The lowest BCUT2D eigenvalue weighted by molar-refractivity contribution is -0.119. The van der Waals surface area contributed by atoms with Gasteiger partial charge in [-0.25, -0.2) is 0 Å². The van der Waals surface area contributed by atoms with Gasteiger partial charge >= 0.3 is 0 Å². The summed E-state index contributed by atoms with van der Waals surface area (Å²) in [7, 11) is 1.57. The number of amides is 3. The second-order valence-electron chi connectivity index (χ2n) is 7.06. The second kappa shape index (κ2) is 11.1. The van der Waals surface area contributed by atoms with E-state index in [1.54, 1.807) is 43.5 Å². The number of para-hydroxylation sites is 2. The Balaban J connectivity index is 1.86. The van der Waals surface area contributed by atoms with Crippen molar-refractivity contribution in [3.8, 4) is 11.5 Å². The van der Waals surface area contributed by atoms with E-state index in [1.165, 1.54) is 4.90 Å². The number of primary amides is 1. The number of methoxy groups -OCH3 is 1. The van der Waals surface area contributed by atoms with E-state index in [0.717, 1.165) is 17.1 Å². The van der Waals surface area contributed by atoms with Crippen LogP contribution in [0.5, 0.6) is 11.5 Å². The number of nitrogens with zero attached hydrogens (tertiary/aromatic N) is 2. The SMILES string of the molecule is CCOc1ccccc1N(CC(=O)NCc1ccc(OC)cc1)C(=O)c1snc(C(N)=O)c1N. The predicted octanol–water partition coefficient (Wildman–Crippen LogP) is 2.19. The van der Waals surface area contributed by atoms with Gasteiger partial charge in [0.1, 0.15) is 22.9 Å². The molecule has 0 bridgehead atoms. The van der Waals surface area contributed by atoms with Gasteiger partial charge < -0.3 is 26.3 Å². The molecule has 0 unspecified atom stereocenters. The van der Waals surface area contributed by atoms with Crippen molar-refractivity contribution in [3.05, 3.63) is 64.7 Å². The number of aromatic nitrogens is 1. The van der Waals surface area contributed by atoms with Crippen LogP contribution in [0.15, 0.2) is 48.5 Å². The van der Waals surface area contributed by atoms with Crippen molar-refractivity contribution in [2.45, 2.75) is 13.5 Å². The van der Waals surface area contributed by atoms with Crippen LogP contribution in [-0.2, 0) is 11.3 Å². The smallest absolute Gasteiger partial charge is 0.272 e. The Morgan fingerprint density at radius 2 is 1.82 bits per heavy atom. The van der Waals surface area contributed by atoms with E-state index < -0.39 is 17.7 Å². The van der Waals surface area contributed by atoms with Crippen molar-refractivity contribution in [1.82, 2.24) is 9.69 Å². The van der Waals surface area contributed by atoms with Crippen LogP contribution in [0.2, 0.25) is 0 Å². The summed E-state index contributed by atoms with van der Waals surface area (Å²) in [5.41, 5.74) is 12.2. The van der Waals surface area contributed by atoms with Gasteiger partial charge in [-0.1, -0.05) is 24.3 Å². The topological polar surface area (TPSA) is 150 Å². The fraction of sp³-hybridized carbons (Fsp3) is 0.217. The molecule has 0 saturated carbocycles. The first kappa shape index (κ1) is 24.5. The molecule has 178 valence electrons. The summed E-state index contributed by atoms with van der Waals surface area (Å²) in [6, 6.07) is 14.1. The van der Waals surface area contributed by atoms with Gasteiger partial charge in [0.05, 0.1) is 25.1 Å².